The Labute approximate surface area is 203 Å². The van der Waals surface area contributed by atoms with Crippen molar-refractivity contribution < 1.29 is 24.2 Å². The molecule has 0 aromatic heterocycles. The zero-order valence-corrected chi connectivity index (χ0v) is 19.6. The van der Waals surface area contributed by atoms with Crippen LogP contribution < -0.4 is 14.4 Å². The molecule has 35 heavy (non-hydrogen) atoms. The number of aryl methyl sites for hydroxylation is 1. The molecular formula is C28H24N2O5. The number of rotatable bonds is 6. The Morgan fingerprint density at radius 3 is 2.31 bits per heavy atom. The molecular weight excluding hydrogens is 444 g/mol. The summed E-state index contributed by atoms with van der Waals surface area (Å²) in [7, 11) is 1.55. The van der Waals surface area contributed by atoms with Gasteiger partial charge in [-0.25, -0.2) is 0 Å². The minimum Gasteiger partial charge on any atom is -0.507 e. The predicted octanol–water partition coefficient (Wildman–Crippen LogP) is 4.90. The van der Waals surface area contributed by atoms with Crippen molar-refractivity contribution in [2.45, 2.75) is 19.9 Å². The van der Waals surface area contributed by atoms with Crippen LogP contribution in [0.4, 0.5) is 5.69 Å². The van der Waals surface area contributed by atoms with Crippen molar-refractivity contribution in [1.29, 1.82) is 5.26 Å². The quantitative estimate of drug-likeness (QED) is 0.314. The molecule has 1 unspecified atom stereocenters. The van der Waals surface area contributed by atoms with Gasteiger partial charge in [-0.3, -0.25) is 14.5 Å². The standard InChI is InChI=1S/C28H24N2O5/c1-4-35-23-14-9-20(15-17(23)2)26(31)24-25(19-7-12-22(34-3)13-8-19)30(28(33)27(24)32)21-10-5-18(16-29)6-11-21/h5-15,25,31H,4H2,1-3H3/b26-24-. The number of methoxy groups -OCH3 is 1. The van der Waals surface area contributed by atoms with E-state index in [2.05, 4.69) is 0 Å². The number of ketones is 1. The minimum absolute atomic E-state index is 0.0203. The average Bonchev–Trinajstić information content (AvgIpc) is 3.15. The first-order valence-corrected chi connectivity index (χ1v) is 11.1. The molecule has 3 aromatic rings. The van der Waals surface area contributed by atoms with Crippen LogP contribution in [0.3, 0.4) is 0 Å². The second kappa shape index (κ2) is 9.74. The number of carbonyl (C=O) groups is 2. The van der Waals surface area contributed by atoms with Crippen LogP contribution in [0, 0.1) is 18.3 Å². The number of nitrogens with zero attached hydrogens (tertiary/aromatic N) is 2. The molecule has 4 rings (SSSR count). The van der Waals surface area contributed by atoms with E-state index in [0.717, 1.165) is 5.56 Å². The van der Waals surface area contributed by atoms with Gasteiger partial charge in [0.2, 0.25) is 0 Å². The lowest BCUT2D eigenvalue weighted by atomic mass is 9.94. The summed E-state index contributed by atoms with van der Waals surface area (Å²) in [5, 5.41) is 20.4. The van der Waals surface area contributed by atoms with Crippen LogP contribution >= 0.6 is 0 Å². The lowest BCUT2D eigenvalue weighted by Crippen LogP contribution is -2.29. The summed E-state index contributed by atoms with van der Waals surface area (Å²) in [6.07, 6.45) is 0. The summed E-state index contributed by atoms with van der Waals surface area (Å²) < 4.78 is 10.8. The van der Waals surface area contributed by atoms with Crippen LogP contribution in [0.1, 0.15) is 35.2 Å². The van der Waals surface area contributed by atoms with Gasteiger partial charge in [-0.15, -0.1) is 0 Å². The van der Waals surface area contributed by atoms with Crippen LogP contribution in [0.2, 0.25) is 0 Å². The van der Waals surface area contributed by atoms with Crippen molar-refractivity contribution in [3.05, 3.63) is 94.6 Å². The second-order valence-electron chi connectivity index (χ2n) is 8.01. The molecule has 1 heterocycles. The molecule has 1 atom stereocenters. The third-order valence-corrected chi connectivity index (χ3v) is 5.90. The molecule has 1 saturated heterocycles. The summed E-state index contributed by atoms with van der Waals surface area (Å²) >= 11 is 0. The highest BCUT2D eigenvalue weighted by molar-refractivity contribution is 6.51. The van der Waals surface area contributed by atoms with Crippen LogP contribution in [0.25, 0.3) is 5.76 Å². The van der Waals surface area contributed by atoms with Crippen LogP contribution in [-0.4, -0.2) is 30.5 Å². The van der Waals surface area contributed by atoms with E-state index in [1.165, 1.54) is 4.90 Å². The van der Waals surface area contributed by atoms with Gasteiger partial charge in [-0.1, -0.05) is 12.1 Å². The highest BCUT2D eigenvalue weighted by atomic mass is 16.5. The number of aliphatic hydroxyl groups is 1. The zero-order chi connectivity index (χ0) is 25.1. The van der Waals surface area contributed by atoms with Crippen LogP contribution in [-0.2, 0) is 9.59 Å². The molecule has 3 aromatic carbocycles. The Bertz CT molecular complexity index is 1350. The van der Waals surface area contributed by atoms with Gasteiger partial charge in [0.15, 0.2) is 0 Å². The Balaban J connectivity index is 1.89. The van der Waals surface area contributed by atoms with Crippen molar-refractivity contribution in [3.8, 4) is 17.6 Å². The maximum Gasteiger partial charge on any atom is 0.300 e. The number of carbonyl (C=O) groups excluding carboxylic acids is 2. The van der Waals surface area contributed by atoms with Gasteiger partial charge in [-0.05, 0) is 79.6 Å². The van der Waals surface area contributed by atoms with Gasteiger partial charge in [0, 0.05) is 11.3 Å². The maximum absolute atomic E-state index is 13.3. The van der Waals surface area contributed by atoms with Crippen LogP contribution in [0.5, 0.6) is 11.5 Å². The van der Waals surface area contributed by atoms with Crippen molar-refractivity contribution >= 4 is 23.1 Å². The summed E-state index contributed by atoms with van der Waals surface area (Å²) in [6.45, 7) is 4.23. The minimum atomic E-state index is -0.874. The van der Waals surface area contributed by atoms with Crippen molar-refractivity contribution in [2.75, 3.05) is 18.6 Å². The molecule has 0 aliphatic carbocycles. The lowest BCUT2D eigenvalue weighted by molar-refractivity contribution is -0.132. The summed E-state index contributed by atoms with van der Waals surface area (Å²) in [5.74, 6) is -0.537. The first kappa shape index (κ1) is 23.6. The number of ether oxygens (including phenoxy) is 2. The molecule has 7 nitrogen and oxygen atoms in total. The number of nitriles is 1. The van der Waals surface area contributed by atoms with Gasteiger partial charge in [0.1, 0.15) is 17.3 Å². The monoisotopic (exact) mass is 468 g/mol. The number of amides is 1. The lowest BCUT2D eigenvalue weighted by Gasteiger charge is -2.25. The van der Waals surface area contributed by atoms with Gasteiger partial charge < -0.3 is 14.6 Å². The molecule has 1 fully saturated rings. The SMILES string of the molecule is CCOc1ccc(/C(O)=C2/C(=O)C(=O)N(c3ccc(C#N)cc3)C2c2ccc(OC)cc2)cc1C. The first-order chi connectivity index (χ1) is 16.9. The van der Waals surface area contributed by atoms with Crippen molar-refractivity contribution in [1.82, 2.24) is 0 Å². The topological polar surface area (TPSA) is 99.9 Å². The van der Waals surface area contributed by atoms with Gasteiger partial charge in [0.25, 0.3) is 11.7 Å². The largest absolute Gasteiger partial charge is 0.507 e. The predicted molar refractivity (Wildman–Crippen MR) is 131 cm³/mol. The van der Waals surface area contributed by atoms with E-state index in [1.807, 2.05) is 19.9 Å². The molecule has 0 radical (unpaired) electrons. The molecule has 1 amide bonds. The smallest absolute Gasteiger partial charge is 0.300 e. The van der Waals surface area contributed by atoms with Gasteiger partial charge in [0.05, 0.1) is 37.0 Å². The fourth-order valence-corrected chi connectivity index (χ4v) is 4.17. The molecule has 1 aliphatic rings. The molecule has 0 bridgehead atoms. The number of benzene rings is 3. The van der Waals surface area contributed by atoms with Gasteiger partial charge >= 0.3 is 0 Å². The average molecular weight is 469 g/mol. The van der Waals surface area contributed by atoms with E-state index >= 15 is 0 Å². The maximum atomic E-state index is 13.3. The summed E-state index contributed by atoms with van der Waals surface area (Å²) in [6, 6.07) is 19.6. The molecule has 7 heteroatoms. The Hall–Kier alpha value is -4.57. The highest BCUT2D eigenvalue weighted by Gasteiger charge is 2.47. The second-order valence-corrected chi connectivity index (χ2v) is 8.01. The molecule has 176 valence electrons. The third-order valence-electron chi connectivity index (χ3n) is 5.90. The molecule has 1 N–H and O–H groups in total. The highest BCUT2D eigenvalue weighted by Crippen LogP contribution is 2.42. The van der Waals surface area contributed by atoms with Crippen molar-refractivity contribution in [3.63, 3.8) is 0 Å². The summed E-state index contributed by atoms with van der Waals surface area (Å²) in [4.78, 5) is 27.9. The van der Waals surface area contributed by atoms with E-state index in [4.69, 9.17) is 14.7 Å². The van der Waals surface area contributed by atoms with E-state index in [-0.39, 0.29) is 11.3 Å². The van der Waals surface area contributed by atoms with E-state index < -0.39 is 17.7 Å². The Morgan fingerprint density at radius 1 is 1.06 bits per heavy atom. The number of aliphatic hydroxyl groups excluding tert-OH is 1. The fraction of sp³-hybridized carbons (Fsp3) is 0.179. The number of anilines is 1. The molecule has 0 saturated carbocycles. The fourth-order valence-electron chi connectivity index (χ4n) is 4.17. The molecule has 1 aliphatic heterocycles. The number of Topliss-reactive ketones (excluding diaryl/α,β-unsaturated/α-hetero) is 1. The van der Waals surface area contributed by atoms with Crippen LogP contribution in [0.15, 0.2) is 72.3 Å². The molecule has 0 spiro atoms. The zero-order valence-electron chi connectivity index (χ0n) is 19.6. The Morgan fingerprint density at radius 2 is 1.74 bits per heavy atom. The summed E-state index contributed by atoms with van der Waals surface area (Å²) in [5.41, 5.74) is 2.66. The number of hydrogen-bond donors (Lipinski definition) is 1. The van der Waals surface area contributed by atoms with E-state index in [0.29, 0.717) is 40.5 Å². The third kappa shape index (κ3) is 4.34. The van der Waals surface area contributed by atoms with E-state index in [9.17, 15) is 14.7 Å². The van der Waals surface area contributed by atoms with Gasteiger partial charge in [-0.2, -0.15) is 5.26 Å². The normalized spacial score (nSPS) is 16.7. The van der Waals surface area contributed by atoms with E-state index in [1.54, 1.807) is 73.8 Å². The van der Waals surface area contributed by atoms with Crippen molar-refractivity contribution in [2.24, 2.45) is 0 Å². The number of hydrogen-bond acceptors (Lipinski definition) is 6. The Kier molecular flexibility index (Phi) is 6.56. The first-order valence-electron chi connectivity index (χ1n) is 11.1.